The van der Waals surface area contributed by atoms with E-state index < -0.39 is 12.0 Å². The van der Waals surface area contributed by atoms with Gasteiger partial charge in [0.1, 0.15) is 28.9 Å². The number of rotatable bonds is 6. The lowest BCUT2D eigenvalue weighted by Crippen LogP contribution is -2.39. The van der Waals surface area contributed by atoms with Crippen molar-refractivity contribution in [3.63, 3.8) is 0 Å². The Morgan fingerprint density at radius 1 is 1.14 bits per heavy atom. The smallest absolute Gasteiger partial charge is 0.338 e. The molecule has 188 valence electrons. The maximum atomic E-state index is 13.6. The number of carbonyl (C=O) groups excluding carboxylic acids is 1. The molecular weight excluding hydrogens is 535 g/mol. The molecule has 4 aromatic rings. The van der Waals surface area contributed by atoms with Gasteiger partial charge in [0, 0.05) is 6.08 Å². The molecular formula is C27H20Cl2N2O5S. The fraction of sp³-hybridized carbons (Fsp3) is 0.148. The number of allylic oxidation sites excluding steroid dienone is 1. The molecule has 0 amide bonds. The van der Waals surface area contributed by atoms with E-state index in [1.54, 1.807) is 43.3 Å². The maximum absolute atomic E-state index is 13.6. The van der Waals surface area contributed by atoms with Gasteiger partial charge in [-0.1, -0.05) is 70.9 Å². The Bertz CT molecular complexity index is 1700. The van der Waals surface area contributed by atoms with Gasteiger partial charge in [-0.2, -0.15) is 0 Å². The number of hydrogen-bond acceptors (Lipinski definition) is 7. The molecule has 2 aromatic heterocycles. The van der Waals surface area contributed by atoms with Gasteiger partial charge >= 0.3 is 5.97 Å². The van der Waals surface area contributed by atoms with Crippen LogP contribution in [-0.2, 0) is 16.1 Å². The molecule has 0 spiro atoms. The summed E-state index contributed by atoms with van der Waals surface area (Å²) >= 11 is 13.4. The summed E-state index contributed by atoms with van der Waals surface area (Å²) in [6, 6.07) is 17.3. The quantitative estimate of drug-likeness (QED) is 0.317. The molecule has 1 atom stereocenters. The van der Waals surface area contributed by atoms with Crippen molar-refractivity contribution in [1.82, 2.24) is 4.57 Å². The summed E-state index contributed by atoms with van der Waals surface area (Å²) in [5.74, 6) is 0.931. The van der Waals surface area contributed by atoms with Crippen molar-refractivity contribution in [2.24, 2.45) is 4.99 Å². The molecule has 0 aliphatic carbocycles. The minimum absolute atomic E-state index is 0.130. The molecule has 0 bridgehead atoms. The normalized spacial score (nSPS) is 15.4. The van der Waals surface area contributed by atoms with Crippen LogP contribution >= 0.6 is 34.5 Å². The lowest BCUT2D eigenvalue weighted by Gasteiger charge is -2.24. The number of furan rings is 1. The zero-order chi connectivity index (χ0) is 26.1. The lowest BCUT2D eigenvalue weighted by molar-refractivity contribution is -0.136. The zero-order valence-corrected chi connectivity index (χ0v) is 22.1. The van der Waals surface area contributed by atoms with Crippen LogP contribution in [0, 0.1) is 0 Å². The highest BCUT2D eigenvalue weighted by atomic mass is 35.5. The number of thiazole rings is 1. The number of carbonyl (C=O) groups is 1. The minimum atomic E-state index is -0.657. The van der Waals surface area contributed by atoms with Crippen LogP contribution in [0.5, 0.6) is 5.75 Å². The van der Waals surface area contributed by atoms with Crippen LogP contribution in [-0.4, -0.2) is 17.6 Å². The van der Waals surface area contributed by atoms with Crippen molar-refractivity contribution in [2.75, 3.05) is 7.11 Å². The molecule has 0 unspecified atom stereocenters. The predicted octanol–water partition coefficient (Wildman–Crippen LogP) is 4.89. The van der Waals surface area contributed by atoms with E-state index in [1.807, 2.05) is 30.3 Å². The summed E-state index contributed by atoms with van der Waals surface area (Å²) in [6.45, 7) is 1.87. The van der Waals surface area contributed by atoms with Crippen LogP contribution in [0.25, 0.3) is 6.08 Å². The van der Waals surface area contributed by atoms with E-state index in [2.05, 4.69) is 4.99 Å². The Morgan fingerprint density at radius 2 is 1.92 bits per heavy atom. The molecule has 3 heterocycles. The average Bonchev–Trinajstić information content (AvgIpc) is 3.48. The van der Waals surface area contributed by atoms with E-state index in [0.717, 1.165) is 5.56 Å². The van der Waals surface area contributed by atoms with Crippen LogP contribution in [0.2, 0.25) is 10.0 Å². The monoisotopic (exact) mass is 554 g/mol. The average molecular weight is 555 g/mol. The number of benzene rings is 2. The summed E-state index contributed by atoms with van der Waals surface area (Å²) in [5, 5.41) is 0.723. The number of hydrogen-bond donors (Lipinski definition) is 0. The molecule has 10 heteroatoms. The Kier molecular flexibility index (Phi) is 7.06. The first-order valence-electron chi connectivity index (χ1n) is 11.2. The highest BCUT2D eigenvalue weighted by molar-refractivity contribution is 7.07. The van der Waals surface area contributed by atoms with Crippen molar-refractivity contribution < 1.29 is 18.7 Å². The molecule has 0 saturated heterocycles. The second-order valence-corrected chi connectivity index (χ2v) is 9.92. The third-order valence-electron chi connectivity index (χ3n) is 5.78. The van der Waals surface area contributed by atoms with Crippen LogP contribution in [0.1, 0.15) is 30.0 Å². The molecule has 37 heavy (non-hydrogen) atoms. The molecule has 2 aromatic carbocycles. The molecule has 0 fully saturated rings. The summed E-state index contributed by atoms with van der Waals surface area (Å²) in [4.78, 5) is 31.3. The molecule has 1 aliphatic rings. The van der Waals surface area contributed by atoms with Crippen LogP contribution in [0.15, 0.2) is 86.1 Å². The fourth-order valence-electron chi connectivity index (χ4n) is 4.07. The topological polar surface area (TPSA) is 83.0 Å². The standard InChI is InChI=1S/C27H20Cl2N2O5S/c1-15-22(26(33)34-2)24(16-7-4-3-5-8-16)31-25(32)21(37-27(31)30-15)13-17-11-12-18(36-17)14-35-20-10-6-9-19(28)23(20)29/h3-13,24H,14H2,1-2H3/b21-13+/t24-/m1/s1. The predicted molar refractivity (Wildman–Crippen MR) is 142 cm³/mol. The Balaban J connectivity index is 1.50. The van der Waals surface area contributed by atoms with E-state index in [4.69, 9.17) is 37.1 Å². The van der Waals surface area contributed by atoms with Gasteiger partial charge in [0.15, 0.2) is 4.80 Å². The molecule has 0 radical (unpaired) electrons. The second kappa shape index (κ2) is 10.4. The third-order valence-corrected chi connectivity index (χ3v) is 7.57. The minimum Gasteiger partial charge on any atom is -0.484 e. The first-order chi connectivity index (χ1) is 17.9. The first-order valence-corrected chi connectivity index (χ1v) is 12.8. The largest absolute Gasteiger partial charge is 0.484 e. The number of methoxy groups -OCH3 is 1. The summed E-state index contributed by atoms with van der Waals surface area (Å²) in [7, 11) is 1.31. The molecule has 7 nitrogen and oxygen atoms in total. The van der Waals surface area contributed by atoms with Crippen molar-refractivity contribution in [1.29, 1.82) is 0 Å². The number of fused-ring (bicyclic) bond motifs is 1. The summed E-state index contributed by atoms with van der Waals surface area (Å²) in [5.41, 5.74) is 1.32. The first kappa shape index (κ1) is 25.1. The van der Waals surface area contributed by atoms with Gasteiger partial charge in [-0.15, -0.1) is 0 Å². The van der Waals surface area contributed by atoms with Crippen molar-refractivity contribution in [3.8, 4) is 5.75 Å². The van der Waals surface area contributed by atoms with Crippen molar-refractivity contribution in [3.05, 3.63) is 119 Å². The molecule has 0 saturated carbocycles. The van der Waals surface area contributed by atoms with Gasteiger partial charge in [-0.25, -0.2) is 9.79 Å². The van der Waals surface area contributed by atoms with Crippen LogP contribution < -0.4 is 19.6 Å². The number of halogens is 2. The fourth-order valence-corrected chi connectivity index (χ4v) is 5.44. The summed E-state index contributed by atoms with van der Waals surface area (Å²) < 4.78 is 18.6. The second-order valence-electron chi connectivity index (χ2n) is 8.13. The maximum Gasteiger partial charge on any atom is 0.338 e. The van der Waals surface area contributed by atoms with Gasteiger partial charge in [0.05, 0.1) is 34.0 Å². The highest BCUT2D eigenvalue weighted by Crippen LogP contribution is 2.32. The van der Waals surface area contributed by atoms with E-state index in [9.17, 15) is 9.59 Å². The highest BCUT2D eigenvalue weighted by Gasteiger charge is 2.32. The van der Waals surface area contributed by atoms with Crippen LogP contribution in [0.4, 0.5) is 0 Å². The number of esters is 1. The summed E-state index contributed by atoms with van der Waals surface area (Å²) in [6.07, 6.45) is 1.65. The van der Waals surface area contributed by atoms with E-state index in [-0.39, 0.29) is 12.2 Å². The van der Waals surface area contributed by atoms with Crippen molar-refractivity contribution in [2.45, 2.75) is 19.6 Å². The molecule has 0 N–H and O–H groups in total. The van der Waals surface area contributed by atoms with Gasteiger partial charge in [-0.05, 0) is 36.8 Å². The zero-order valence-electron chi connectivity index (χ0n) is 19.7. The third kappa shape index (κ3) is 4.87. The number of aromatic nitrogens is 1. The van der Waals surface area contributed by atoms with Gasteiger partial charge < -0.3 is 13.9 Å². The molecule has 5 rings (SSSR count). The Labute approximate surface area is 225 Å². The molecule has 1 aliphatic heterocycles. The van der Waals surface area contributed by atoms with Gasteiger partial charge in [0.25, 0.3) is 5.56 Å². The van der Waals surface area contributed by atoms with E-state index in [0.29, 0.717) is 47.9 Å². The van der Waals surface area contributed by atoms with Crippen LogP contribution in [0.3, 0.4) is 0 Å². The van der Waals surface area contributed by atoms with Gasteiger partial charge in [-0.3, -0.25) is 9.36 Å². The number of nitrogens with zero attached hydrogens (tertiary/aromatic N) is 2. The SMILES string of the molecule is COC(=O)C1=C(C)N=c2s/c(=C/c3ccc(COc4cccc(Cl)c4Cl)o3)c(=O)n2[C@@H]1c1ccccc1. The van der Waals surface area contributed by atoms with Crippen molar-refractivity contribution >= 4 is 46.6 Å². The van der Waals surface area contributed by atoms with E-state index in [1.165, 1.54) is 23.0 Å². The Hall–Kier alpha value is -3.59. The Morgan fingerprint density at radius 3 is 2.68 bits per heavy atom. The van der Waals surface area contributed by atoms with E-state index >= 15 is 0 Å². The van der Waals surface area contributed by atoms with Gasteiger partial charge in [0.2, 0.25) is 0 Å². The number of ether oxygens (including phenoxy) is 2. The lowest BCUT2D eigenvalue weighted by atomic mass is 9.96.